The molecule has 0 unspecified atom stereocenters. The molecule has 4 rings (SSSR count). The van der Waals surface area contributed by atoms with Gasteiger partial charge in [-0.15, -0.1) is 23.5 Å². The van der Waals surface area contributed by atoms with Gasteiger partial charge in [0, 0.05) is 17.9 Å². The van der Waals surface area contributed by atoms with Gasteiger partial charge < -0.3 is 18.9 Å². The minimum atomic E-state index is -0.289. The third kappa shape index (κ3) is 4.30. The first-order valence-electron chi connectivity index (χ1n) is 8.73. The fourth-order valence-electron chi connectivity index (χ4n) is 2.98. The Bertz CT molecular complexity index is 833. The van der Waals surface area contributed by atoms with Crippen LogP contribution in [0.2, 0.25) is 0 Å². The summed E-state index contributed by atoms with van der Waals surface area (Å²) in [6, 6.07) is 11.5. The van der Waals surface area contributed by atoms with Crippen molar-refractivity contribution in [2.45, 2.75) is 17.4 Å². The molecule has 0 saturated carbocycles. The fraction of sp³-hybridized carbons (Fsp3) is 0.350. The molecule has 1 fully saturated rings. The molecule has 0 aliphatic carbocycles. The van der Waals surface area contributed by atoms with Crippen molar-refractivity contribution in [2.24, 2.45) is 0 Å². The van der Waals surface area contributed by atoms with E-state index in [9.17, 15) is 4.79 Å². The number of carbonyl (C=O) groups excluding carboxylic acids is 1. The highest BCUT2D eigenvalue weighted by Crippen LogP contribution is 2.47. The van der Waals surface area contributed by atoms with Gasteiger partial charge in [-0.2, -0.15) is 0 Å². The summed E-state index contributed by atoms with van der Waals surface area (Å²) >= 11 is 3.86. The molecule has 2 aliphatic heterocycles. The van der Waals surface area contributed by atoms with E-state index in [1.807, 2.05) is 59.9 Å². The summed E-state index contributed by atoms with van der Waals surface area (Å²) in [5.74, 6) is 4.55. The standard InChI is InChI=1S/C20H20O5S2/c1-22-17-11-14(20-26-8-9-27-20)4-6-16(17)25-19(21)7-3-13-2-5-15-18(10-13)24-12-23-15/h2,4-6,10-11,20H,3,7-9,12H2,1H3. The van der Waals surface area contributed by atoms with Gasteiger partial charge in [-0.1, -0.05) is 12.1 Å². The Hall–Kier alpha value is -1.99. The van der Waals surface area contributed by atoms with Crippen LogP contribution < -0.4 is 18.9 Å². The van der Waals surface area contributed by atoms with Crippen molar-refractivity contribution in [3.8, 4) is 23.0 Å². The summed E-state index contributed by atoms with van der Waals surface area (Å²) in [6.45, 7) is 0.245. The van der Waals surface area contributed by atoms with Crippen LogP contribution in [-0.2, 0) is 11.2 Å². The molecule has 27 heavy (non-hydrogen) atoms. The number of fused-ring (bicyclic) bond motifs is 1. The predicted octanol–water partition coefficient (Wildman–Crippen LogP) is 4.44. The largest absolute Gasteiger partial charge is 0.493 e. The second kappa shape index (κ2) is 8.35. The number of benzene rings is 2. The van der Waals surface area contributed by atoms with Gasteiger partial charge in [-0.05, 0) is 41.8 Å². The lowest BCUT2D eigenvalue weighted by Gasteiger charge is -2.13. The van der Waals surface area contributed by atoms with Crippen molar-refractivity contribution in [2.75, 3.05) is 25.4 Å². The molecule has 2 aliphatic rings. The monoisotopic (exact) mass is 404 g/mol. The molecule has 0 N–H and O–H groups in total. The number of methoxy groups -OCH3 is 1. The van der Waals surface area contributed by atoms with E-state index in [1.54, 1.807) is 7.11 Å². The van der Waals surface area contributed by atoms with Crippen molar-refractivity contribution < 1.29 is 23.7 Å². The summed E-state index contributed by atoms with van der Waals surface area (Å²) in [5, 5.41) is 0. The molecule has 2 aromatic rings. The molecule has 142 valence electrons. The van der Waals surface area contributed by atoms with Gasteiger partial charge in [-0.3, -0.25) is 4.79 Å². The highest BCUT2D eigenvalue weighted by atomic mass is 32.2. The van der Waals surface area contributed by atoms with E-state index in [4.69, 9.17) is 18.9 Å². The molecule has 0 radical (unpaired) electrons. The van der Waals surface area contributed by atoms with Crippen LogP contribution in [0.15, 0.2) is 36.4 Å². The lowest BCUT2D eigenvalue weighted by Crippen LogP contribution is -2.10. The van der Waals surface area contributed by atoms with E-state index in [-0.39, 0.29) is 19.2 Å². The summed E-state index contributed by atoms with van der Waals surface area (Å²) in [5.41, 5.74) is 2.20. The number of ether oxygens (including phenoxy) is 4. The predicted molar refractivity (Wildman–Crippen MR) is 107 cm³/mol. The minimum absolute atomic E-state index is 0.245. The Kier molecular flexibility index (Phi) is 5.69. The van der Waals surface area contributed by atoms with Crippen LogP contribution in [0.4, 0.5) is 0 Å². The number of aryl methyl sites for hydroxylation is 1. The Morgan fingerprint density at radius 2 is 1.89 bits per heavy atom. The summed E-state index contributed by atoms with van der Waals surface area (Å²) in [4.78, 5) is 12.3. The Labute approximate surface area is 166 Å². The molecule has 7 heteroatoms. The molecule has 0 atom stereocenters. The first kappa shape index (κ1) is 18.4. The Morgan fingerprint density at radius 1 is 1.07 bits per heavy atom. The first-order valence-corrected chi connectivity index (χ1v) is 10.8. The molecule has 0 spiro atoms. The second-order valence-electron chi connectivity index (χ2n) is 6.15. The van der Waals surface area contributed by atoms with Gasteiger partial charge in [0.05, 0.1) is 11.7 Å². The maximum Gasteiger partial charge on any atom is 0.311 e. The number of esters is 1. The smallest absolute Gasteiger partial charge is 0.311 e. The number of carbonyl (C=O) groups is 1. The van der Waals surface area contributed by atoms with E-state index < -0.39 is 0 Å². The van der Waals surface area contributed by atoms with Gasteiger partial charge in [0.2, 0.25) is 6.79 Å². The average molecular weight is 405 g/mol. The van der Waals surface area contributed by atoms with Crippen LogP contribution in [0.25, 0.3) is 0 Å². The van der Waals surface area contributed by atoms with Crippen molar-refractivity contribution in [1.29, 1.82) is 0 Å². The summed E-state index contributed by atoms with van der Waals surface area (Å²) < 4.78 is 22.1. The highest BCUT2D eigenvalue weighted by molar-refractivity contribution is 8.19. The second-order valence-corrected chi connectivity index (χ2v) is 8.87. The van der Waals surface area contributed by atoms with Crippen LogP contribution >= 0.6 is 23.5 Å². The number of hydrogen-bond donors (Lipinski definition) is 0. The van der Waals surface area contributed by atoms with Crippen molar-refractivity contribution in [1.82, 2.24) is 0 Å². The molecule has 1 saturated heterocycles. The molecule has 0 bridgehead atoms. The third-order valence-corrected chi connectivity index (χ3v) is 7.46. The average Bonchev–Trinajstić information content (AvgIpc) is 3.38. The molecule has 5 nitrogen and oxygen atoms in total. The van der Waals surface area contributed by atoms with Crippen LogP contribution in [0.5, 0.6) is 23.0 Å². The van der Waals surface area contributed by atoms with Crippen LogP contribution in [0.3, 0.4) is 0 Å². The van der Waals surface area contributed by atoms with Gasteiger partial charge in [0.25, 0.3) is 0 Å². The highest BCUT2D eigenvalue weighted by Gasteiger charge is 2.21. The quantitative estimate of drug-likeness (QED) is 0.521. The topological polar surface area (TPSA) is 54.0 Å². The normalized spacial score (nSPS) is 15.7. The maximum atomic E-state index is 12.3. The molecule has 0 amide bonds. The summed E-state index contributed by atoms with van der Waals surface area (Å²) in [7, 11) is 1.60. The lowest BCUT2D eigenvalue weighted by molar-refractivity contribution is -0.134. The van der Waals surface area contributed by atoms with Gasteiger partial charge >= 0.3 is 5.97 Å². The van der Waals surface area contributed by atoms with Crippen molar-refractivity contribution in [3.05, 3.63) is 47.5 Å². The third-order valence-electron chi connectivity index (χ3n) is 4.36. The van der Waals surface area contributed by atoms with Gasteiger partial charge in [-0.25, -0.2) is 0 Å². The van der Waals surface area contributed by atoms with Crippen LogP contribution in [-0.4, -0.2) is 31.4 Å². The van der Waals surface area contributed by atoms with Crippen LogP contribution in [0.1, 0.15) is 22.1 Å². The fourth-order valence-corrected chi connectivity index (χ4v) is 5.82. The van der Waals surface area contributed by atoms with E-state index in [1.165, 1.54) is 5.56 Å². The SMILES string of the molecule is COc1cc(C2SCCS2)ccc1OC(=O)CCc1ccc2c(c1)OCO2. The van der Waals surface area contributed by atoms with Crippen molar-refractivity contribution >= 4 is 29.5 Å². The first-order chi connectivity index (χ1) is 13.2. The zero-order valence-electron chi connectivity index (χ0n) is 14.9. The number of rotatable bonds is 6. The minimum Gasteiger partial charge on any atom is -0.493 e. The van der Waals surface area contributed by atoms with E-state index in [2.05, 4.69) is 0 Å². The van der Waals surface area contributed by atoms with E-state index >= 15 is 0 Å². The molecular formula is C20H20O5S2. The molecule has 2 heterocycles. The zero-order chi connectivity index (χ0) is 18.6. The van der Waals surface area contributed by atoms with Gasteiger partial charge in [0.1, 0.15) is 0 Å². The molecule has 0 aromatic heterocycles. The zero-order valence-corrected chi connectivity index (χ0v) is 16.6. The number of thioether (sulfide) groups is 2. The molecular weight excluding hydrogens is 384 g/mol. The number of hydrogen-bond acceptors (Lipinski definition) is 7. The summed E-state index contributed by atoms with van der Waals surface area (Å²) in [6.07, 6.45) is 0.851. The lowest BCUT2D eigenvalue weighted by atomic mass is 10.1. The maximum absolute atomic E-state index is 12.3. The van der Waals surface area contributed by atoms with E-state index in [0.717, 1.165) is 28.6 Å². The van der Waals surface area contributed by atoms with E-state index in [0.29, 0.717) is 22.5 Å². The molecule has 2 aromatic carbocycles. The Morgan fingerprint density at radius 3 is 2.70 bits per heavy atom. The Balaban J connectivity index is 1.37. The van der Waals surface area contributed by atoms with Crippen LogP contribution in [0, 0.1) is 0 Å². The van der Waals surface area contributed by atoms with Gasteiger partial charge in [0.15, 0.2) is 23.0 Å². The van der Waals surface area contributed by atoms with Crippen molar-refractivity contribution in [3.63, 3.8) is 0 Å².